The Kier molecular flexibility index (Phi) is 12.1. The van der Waals surface area contributed by atoms with E-state index in [1.54, 1.807) is 72.5 Å². The van der Waals surface area contributed by atoms with Crippen LogP contribution in [0.1, 0.15) is 60.0 Å². The number of hydrogen-bond acceptors (Lipinski definition) is 12. The Balaban J connectivity index is 1.25. The minimum Gasteiger partial charge on any atom is -0.497 e. The van der Waals surface area contributed by atoms with Gasteiger partial charge in [-0.25, -0.2) is 27.5 Å². The number of fused-ring (bicyclic) bond motifs is 1. The second-order valence-corrected chi connectivity index (χ2v) is 17.1. The molecule has 0 radical (unpaired) electrons. The Bertz CT molecular complexity index is 2770. The summed E-state index contributed by atoms with van der Waals surface area (Å²) in [5, 5.41) is -0.139. The molecule has 67 heavy (non-hydrogen) atoms. The summed E-state index contributed by atoms with van der Waals surface area (Å²) in [4.78, 5) is 22.7. The molecule has 3 aromatic heterocycles. The largest absolute Gasteiger partial charge is 0.497 e. The van der Waals surface area contributed by atoms with Crippen molar-refractivity contribution in [3.8, 4) is 34.6 Å². The second kappa shape index (κ2) is 17.9. The summed E-state index contributed by atoms with van der Waals surface area (Å²) >= 11 is 0. The standard InChI is InChI=1S/C48H47F7N8O4/c1-26-36(48(53,54)55)34(38(51)42(37(26)50)61(22-28-8-12-31(64-3)13-9-28)23-29-10-14-32(65-4)15-11-29)40-39(52)41-35-44(60-46(59-41)67-25-47-16-6-18-62(47)24-30(49)21-47)63(19-20-66-45(35)58-40)27(2)33-7-5-17-57-43(33)56/h5,7-15,17,27,30H,6,16,18-25H2,1-4H3,(H2,56,57)/t27-,30-,47+/m1/s1. The molecule has 6 aromatic rings. The van der Waals surface area contributed by atoms with Crippen LogP contribution in [0.25, 0.3) is 22.2 Å². The zero-order valence-corrected chi connectivity index (χ0v) is 37.1. The smallest absolute Gasteiger partial charge is 0.417 e. The van der Waals surface area contributed by atoms with Gasteiger partial charge in [-0.1, -0.05) is 30.3 Å². The number of nitrogens with zero attached hydrogens (tertiary/aromatic N) is 7. The van der Waals surface area contributed by atoms with Crippen LogP contribution >= 0.6 is 0 Å². The number of benzene rings is 3. The summed E-state index contributed by atoms with van der Waals surface area (Å²) < 4.78 is 136. The number of aromatic nitrogens is 4. The molecule has 0 aliphatic carbocycles. The van der Waals surface area contributed by atoms with Crippen LogP contribution in [-0.2, 0) is 19.3 Å². The van der Waals surface area contributed by atoms with Crippen molar-refractivity contribution in [2.24, 2.45) is 0 Å². The van der Waals surface area contributed by atoms with E-state index in [-0.39, 0.29) is 68.8 Å². The monoisotopic (exact) mass is 932 g/mol. The molecule has 0 unspecified atom stereocenters. The number of hydrogen-bond donors (Lipinski definition) is 1. The summed E-state index contributed by atoms with van der Waals surface area (Å²) in [5.41, 5.74) is 0.542. The van der Waals surface area contributed by atoms with Crippen molar-refractivity contribution in [2.45, 2.75) is 70.1 Å². The molecule has 3 aliphatic rings. The normalized spacial score (nSPS) is 18.7. The third-order valence-corrected chi connectivity index (χ3v) is 13.1. The number of alkyl halides is 4. The van der Waals surface area contributed by atoms with Crippen molar-refractivity contribution < 1.29 is 49.7 Å². The molecule has 3 aromatic carbocycles. The van der Waals surface area contributed by atoms with Gasteiger partial charge in [0.05, 0.1) is 43.5 Å². The zero-order chi connectivity index (χ0) is 47.4. The average molecular weight is 933 g/mol. The molecule has 0 saturated carbocycles. The van der Waals surface area contributed by atoms with Crippen LogP contribution in [0.5, 0.6) is 23.4 Å². The van der Waals surface area contributed by atoms with Gasteiger partial charge in [0.2, 0.25) is 5.88 Å². The van der Waals surface area contributed by atoms with Gasteiger partial charge in [-0.05, 0) is 80.3 Å². The van der Waals surface area contributed by atoms with E-state index in [9.17, 15) is 4.39 Å². The number of methoxy groups -OCH3 is 2. The molecule has 0 spiro atoms. The van der Waals surface area contributed by atoms with Gasteiger partial charge in [0.15, 0.2) is 17.5 Å². The van der Waals surface area contributed by atoms with Gasteiger partial charge in [-0.2, -0.15) is 23.1 Å². The number of rotatable bonds is 13. The maximum atomic E-state index is 17.8. The van der Waals surface area contributed by atoms with Crippen LogP contribution < -0.4 is 34.5 Å². The van der Waals surface area contributed by atoms with E-state index in [1.165, 1.54) is 25.3 Å². The molecule has 2 N–H and O–H groups in total. The highest BCUT2D eigenvalue weighted by Gasteiger charge is 2.50. The fourth-order valence-electron chi connectivity index (χ4n) is 9.74. The van der Waals surface area contributed by atoms with Gasteiger partial charge in [-0.3, -0.25) is 4.90 Å². The quantitative estimate of drug-likeness (QED) is 0.111. The van der Waals surface area contributed by atoms with E-state index in [4.69, 9.17) is 29.7 Å². The van der Waals surface area contributed by atoms with Crippen molar-refractivity contribution in [3.05, 3.63) is 112 Å². The third kappa shape index (κ3) is 8.42. The molecule has 12 nitrogen and oxygen atoms in total. The second-order valence-electron chi connectivity index (χ2n) is 17.1. The summed E-state index contributed by atoms with van der Waals surface area (Å²) in [6.07, 6.45) is -3.38. The Morgan fingerprint density at radius 3 is 2.21 bits per heavy atom. The highest BCUT2D eigenvalue weighted by molar-refractivity contribution is 5.97. The summed E-state index contributed by atoms with van der Waals surface area (Å²) in [6, 6.07) is 15.6. The maximum absolute atomic E-state index is 17.8. The van der Waals surface area contributed by atoms with Gasteiger partial charge in [0.25, 0.3) is 0 Å². The van der Waals surface area contributed by atoms with E-state index >= 15 is 26.3 Å². The predicted octanol–water partition coefficient (Wildman–Crippen LogP) is 9.55. The zero-order valence-electron chi connectivity index (χ0n) is 37.1. The molecule has 19 heteroatoms. The van der Waals surface area contributed by atoms with Gasteiger partial charge in [-0.15, -0.1) is 0 Å². The van der Waals surface area contributed by atoms with E-state index < -0.39 is 80.8 Å². The van der Waals surface area contributed by atoms with Gasteiger partial charge >= 0.3 is 12.2 Å². The summed E-state index contributed by atoms with van der Waals surface area (Å²) in [7, 11) is 2.94. The molecule has 3 aliphatic heterocycles. The van der Waals surface area contributed by atoms with Crippen molar-refractivity contribution in [1.29, 1.82) is 0 Å². The van der Waals surface area contributed by atoms with Crippen molar-refractivity contribution >= 4 is 28.2 Å². The van der Waals surface area contributed by atoms with E-state index in [0.717, 1.165) is 13.3 Å². The number of pyridine rings is 2. The number of ether oxygens (including phenoxy) is 4. The fraction of sp³-hybridized carbons (Fsp3) is 0.375. The Morgan fingerprint density at radius 1 is 0.910 bits per heavy atom. The van der Waals surface area contributed by atoms with Gasteiger partial charge in [0.1, 0.15) is 64.8 Å². The Labute approximate surface area is 381 Å². The summed E-state index contributed by atoms with van der Waals surface area (Å²) in [5.74, 6) is -3.86. The molecule has 2 fully saturated rings. The fourth-order valence-corrected chi connectivity index (χ4v) is 9.74. The van der Waals surface area contributed by atoms with Gasteiger partial charge in [0, 0.05) is 37.8 Å². The molecular weight excluding hydrogens is 886 g/mol. The topological polar surface area (TPSA) is 124 Å². The molecule has 352 valence electrons. The van der Waals surface area contributed by atoms with Crippen molar-refractivity contribution in [3.63, 3.8) is 0 Å². The van der Waals surface area contributed by atoms with Crippen LogP contribution in [0.2, 0.25) is 0 Å². The minimum atomic E-state index is -5.42. The molecule has 9 rings (SSSR count). The lowest BCUT2D eigenvalue weighted by Crippen LogP contribution is -2.43. The predicted molar refractivity (Wildman–Crippen MR) is 237 cm³/mol. The maximum Gasteiger partial charge on any atom is 0.417 e. The molecular formula is C48H47F7N8O4. The van der Waals surface area contributed by atoms with Crippen LogP contribution in [0, 0.1) is 24.4 Å². The first-order valence-corrected chi connectivity index (χ1v) is 21.7. The van der Waals surface area contributed by atoms with E-state index in [2.05, 4.69) is 15.0 Å². The first kappa shape index (κ1) is 45.5. The van der Waals surface area contributed by atoms with E-state index in [1.807, 2.05) is 4.90 Å². The lowest BCUT2D eigenvalue weighted by molar-refractivity contribution is -0.137. The molecule has 2 saturated heterocycles. The van der Waals surface area contributed by atoms with Crippen LogP contribution in [0.4, 0.5) is 48.1 Å². The van der Waals surface area contributed by atoms with E-state index in [0.29, 0.717) is 41.2 Å². The lowest BCUT2D eigenvalue weighted by Gasteiger charge is -2.32. The summed E-state index contributed by atoms with van der Waals surface area (Å²) in [6.45, 7) is 2.98. The van der Waals surface area contributed by atoms with Crippen molar-refractivity contribution in [2.75, 3.05) is 62.6 Å². The lowest BCUT2D eigenvalue weighted by atomic mass is 9.94. The first-order valence-electron chi connectivity index (χ1n) is 21.7. The third-order valence-electron chi connectivity index (χ3n) is 13.1. The first-order chi connectivity index (χ1) is 32.1. The van der Waals surface area contributed by atoms with Crippen LogP contribution in [-0.4, -0.2) is 83.6 Å². The SMILES string of the molecule is COc1ccc(CN(Cc2ccc(OC)cc2)c2c(F)c(C)c(C(F)(F)F)c(-c3nc4c5c(nc(OC[C@@]67CCCN6C[C@H](F)C7)nc5c3F)N([C@H](C)c3cccnc3N)CCO4)c2F)cc1. The van der Waals surface area contributed by atoms with Crippen molar-refractivity contribution in [1.82, 2.24) is 24.8 Å². The highest BCUT2D eigenvalue weighted by Crippen LogP contribution is 2.49. The Hall–Kier alpha value is -6.63. The molecule has 6 heterocycles. The highest BCUT2D eigenvalue weighted by atomic mass is 19.4. The van der Waals surface area contributed by atoms with Crippen LogP contribution in [0.15, 0.2) is 66.9 Å². The molecule has 3 atom stereocenters. The minimum absolute atomic E-state index is 0.0365. The Morgan fingerprint density at radius 2 is 1.58 bits per heavy atom. The number of anilines is 3. The number of halogens is 7. The number of nitrogen functional groups attached to an aromatic ring is 1. The average Bonchev–Trinajstić information content (AvgIpc) is 3.77. The van der Waals surface area contributed by atoms with Crippen LogP contribution in [0.3, 0.4) is 0 Å². The molecule has 0 bridgehead atoms. The molecule has 0 amide bonds. The number of nitrogens with two attached hydrogens (primary N) is 1. The van der Waals surface area contributed by atoms with Gasteiger partial charge < -0.3 is 34.5 Å².